The third kappa shape index (κ3) is 11.8. The molecule has 0 radical (unpaired) electrons. The Balaban J connectivity index is 0. The Morgan fingerprint density at radius 1 is 1.25 bits per heavy atom. The molecule has 4 heavy (non-hydrogen) atoms. The SMILES string of the molecule is F.[Cl][Fe][Cl]. The second kappa shape index (κ2) is 8.98. The zero-order chi connectivity index (χ0) is 2.71. The number of hydrogen-bond donors (Lipinski definition) is 0. The molecule has 4 heteroatoms. The van der Waals surface area contributed by atoms with E-state index in [4.69, 9.17) is 20.2 Å². The van der Waals surface area contributed by atoms with Crippen LogP contribution in [0, 0.1) is 0 Å². The summed E-state index contributed by atoms with van der Waals surface area (Å²) in [5.74, 6) is 0. The normalized spacial score (nSPS) is 5.50. The average Bonchev–Trinajstić information content (AvgIpc) is 0.918. The first-order valence-electron chi connectivity index (χ1n) is 0.267. The van der Waals surface area contributed by atoms with Crippen LogP contribution < -0.4 is 0 Å². The Hall–Kier alpha value is 1.03. The van der Waals surface area contributed by atoms with Gasteiger partial charge < -0.3 is 0 Å². The molecule has 0 heterocycles. The first-order chi connectivity index (χ1) is 1.41. The van der Waals surface area contributed by atoms with Crippen molar-refractivity contribution in [2.24, 2.45) is 0 Å². The van der Waals surface area contributed by atoms with E-state index in [0.717, 1.165) is 0 Å². The van der Waals surface area contributed by atoms with Crippen molar-refractivity contribution in [2.45, 2.75) is 0 Å². The summed E-state index contributed by atoms with van der Waals surface area (Å²) in [6, 6.07) is 0. The van der Waals surface area contributed by atoms with Gasteiger partial charge in [0.2, 0.25) is 0 Å². The third-order valence-electron chi connectivity index (χ3n) is 0. The molecular weight excluding hydrogens is 146 g/mol. The molecule has 0 fully saturated rings. The van der Waals surface area contributed by atoms with Crippen molar-refractivity contribution in [1.82, 2.24) is 0 Å². The molecule has 0 saturated heterocycles. The summed E-state index contributed by atoms with van der Waals surface area (Å²) in [5.41, 5.74) is 0. The predicted molar refractivity (Wildman–Crippen MR) is 14.2 cm³/mol. The molecule has 0 aromatic heterocycles. The van der Waals surface area contributed by atoms with Crippen LogP contribution in [0.1, 0.15) is 0 Å². The van der Waals surface area contributed by atoms with E-state index < -0.39 is 0 Å². The molecule has 0 saturated carbocycles. The maximum atomic E-state index is 4.76. The van der Waals surface area contributed by atoms with Gasteiger partial charge in [0.1, 0.15) is 0 Å². The van der Waals surface area contributed by atoms with E-state index in [9.17, 15) is 0 Å². The van der Waals surface area contributed by atoms with Crippen molar-refractivity contribution in [3.05, 3.63) is 0 Å². The van der Waals surface area contributed by atoms with E-state index in [0.29, 0.717) is 0 Å². The van der Waals surface area contributed by atoms with Crippen LogP contribution in [0.25, 0.3) is 0 Å². The van der Waals surface area contributed by atoms with Gasteiger partial charge in [-0.3, -0.25) is 4.70 Å². The van der Waals surface area contributed by atoms with Crippen LogP contribution in [0.3, 0.4) is 0 Å². The summed E-state index contributed by atoms with van der Waals surface area (Å²) in [7, 11) is 9.53. The molecule has 0 aliphatic rings. The first kappa shape index (κ1) is 8.90. The van der Waals surface area contributed by atoms with Gasteiger partial charge >= 0.3 is 33.3 Å². The summed E-state index contributed by atoms with van der Waals surface area (Å²) in [4.78, 5) is 0. The molecule has 0 nitrogen and oxygen atoms in total. The number of rotatable bonds is 0. The third-order valence-corrected chi connectivity index (χ3v) is 0. The fraction of sp³-hybridized carbons (Fsp3) is 0. The fourth-order valence-electron chi connectivity index (χ4n) is 0. The molecule has 0 unspecified atom stereocenters. The molecule has 0 aliphatic carbocycles. The van der Waals surface area contributed by atoms with E-state index in [1.165, 1.54) is 0 Å². The van der Waals surface area contributed by atoms with Crippen LogP contribution in [-0.4, -0.2) is 0 Å². The number of hydrogen-bond acceptors (Lipinski definition) is 0. The summed E-state index contributed by atoms with van der Waals surface area (Å²) < 4.78 is 0. The number of halogens is 3. The van der Waals surface area contributed by atoms with E-state index in [-0.39, 0.29) is 17.8 Å². The molecule has 0 N–H and O–H groups in total. The van der Waals surface area contributed by atoms with Gasteiger partial charge in [0, 0.05) is 0 Å². The van der Waals surface area contributed by atoms with E-state index in [2.05, 4.69) is 0 Å². The van der Waals surface area contributed by atoms with Crippen molar-refractivity contribution < 1.29 is 17.8 Å². The summed E-state index contributed by atoms with van der Waals surface area (Å²) >= 11 is 0.194. The van der Waals surface area contributed by atoms with Gasteiger partial charge in [-0.15, -0.1) is 0 Å². The van der Waals surface area contributed by atoms with Crippen LogP contribution >= 0.6 is 20.2 Å². The zero-order valence-electron chi connectivity index (χ0n) is 1.52. The van der Waals surface area contributed by atoms with Crippen LogP contribution in [0.15, 0.2) is 0 Å². The Morgan fingerprint density at radius 2 is 1.25 bits per heavy atom. The van der Waals surface area contributed by atoms with Gasteiger partial charge in [-0.25, -0.2) is 0 Å². The zero-order valence-corrected chi connectivity index (χ0v) is 4.13. The van der Waals surface area contributed by atoms with Crippen LogP contribution in [-0.2, 0) is 13.1 Å². The van der Waals surface area contributed by atoms with Gasteiger partial charge in [0.05, 0.1) is 0 Å². The van der Waals surface area contributed by atoms with Crippen LogP contribution in [0.4, 0.5) is 4.70 Å². The van der Waals surface area contributed by atoms with Crippen LogP contribution in [0.5, 0.6) is 0 Å². The topological polar surface area (TPSA) is 0 Å². The molecule has 0 aliphatic heterocycles. The molecule has 0 atom stereocenters. The summed E-state index contributed by atoms with van der Waals surface area (Å²) in [6.07, 6.45) is 0. The fourth-order valence-corrected chi connectivity index (χ4v) is 0. The van der Waals surface area contributed by atoms with Crippen molar-refractivity contribution in [2.75, 3.05) is 0 Å². The molecule has 30 valence electrons. The molecule has 0 bridgehead atoms. The second-order valence-corrected chi connectivity index (χ2v) is 1.87. The van der Waals surface area contributed by atoms with Gasteiger partial charge in [0.25, 0.3) is 0 Å². The minimum atomic E-state index is 0. The molecular formula is HCl2FFe. The second-order valence-electron chi connectivity index (χ2n) is 0.0505. The van der Waals surface area contributed by atoms with Crippen molar-refractivity contribution >= 4 is 20.2 Å². The minimum absolute atomic E-state index is 0. The predicted octanol–water partition coefficient (Wildman–Crippen LogP) is 1.53. The standard InChI is InChI=1S/2ClH.FH.Fe/h3*1H;/q;;;+2/p-2. The monoisotopic (exact) mass is 146 g/mol. The van der Waals surface area contributed by atoms with Crippen molar-refractivity contribution in [3.8, 4) is 0 Å². The van der Waals surface area contributed by atoms with E-state index in [1.807, 2.05) is 0 Å². The summed E-state index contributed by atoms with van der Waals surface area (Å²) in [6.45, 7) is 0. The molecule has 0 amide bonds. The molecule has 0 rings (SSSR count). The molecule has 0 spiro atoms. The van der Waals surface area contributed by atoms with E-state index >= 15 is 0 Å². The molecule has 0 aromatic rings. The Morgan fingerprint density at radius 3 is 1.25 bits per heavy atom. The quantitative estimate of drug-likeness (QED) is 0.455. The molecule has 0 aromatic carbocycles. The maximum absolute atomic E-state index is 4.76. The van der Waals surface area contributed by atoms with E-state index in [1.54, 1.807) is 0 Å². The summed E-state index contributed by atoms with van der Waals surface area (Å²) in [5, 5.41) is 0. The van der Waals surface area contributed by atoms with Gasteiger partial charge in [-0.2, -0.15) is 0 Å². The Bertz CT molecular complexity index is 6.00. The Kier molecular flexibility index (Phi) is 20.0. The van der Waals surface area contributed by atoms with Gasteiger partial charge in [0.15, 0.2) is 0 Å². The van der Waals surface area contributed by atoms with Crippen LogP contribution in [0.2, 0.25) is 0 Å². The van der Waals surface area contributed by atoms with Crippen molar-refractivity contribution in [3.63, 3.8) is 0 Å². The Labute approximate surface area is 38.4 Å². The van der Waals surface area contributed by atoms with Gasteiger partial charge in [-0.1, -0.05) is 0 Å². The van der Waals surface area contributed by atoms with Gasteiger partial charge in [-0.05, 0) is 0 Å². The van der Waals surface area contributed by atoms with Crippen molar-refractivity contribution in [1.29, 1.82) is 0 Å². The first-order valence-corrected chi connectivity index (χ1v) is 3.31. The average molecular weight is 147 g/mol.